The highest BCUT2D eigenvalue weighted by Gasteiger charge is 2.35. The molecule has 2 rings (SSSR count). The van der Waals surface area contributed by atoms with Gasteiger partial charge in [0.05, 0.1) is 5.54 Å². The number of benzene rings is 2. The van der Waals surface area contributed by atoms with Crippen molar-refractivity contribution in [3.8, 4) is 5.75 Å². The average molecular weight is 295 g/mol. The Kier molecular flexibility index (Phi) is 3.96. The van der Waals surface area contributed by atoms with E-state index in [9.17, 15) is 13.2 Å². The molecular formula is C16H16F3NO. The Morgan fingerprint density at radius 2 is 1.52 bits per heavy atom. The molecule has 2 nitrogen and oxygen atoms in total. The van der Waals surface area contributed by atoms with E-state index in [1.54, 1.807) is 31.2 Å². The largest absolute Gasteiger partial charge is 0.573 e. The number of alkyl halides is 3. The molecule has 5 heteroatoms. The lowest BCUT2D eigenvalue weighted by Crippen LogP contribution is -2.35. The highest BCUT2D eigenvalue weighted by molar-refractivity contribution is 5.45. The van der Waals surface area contributed by atoms with Crippen LogP contribution in [0.5, 0.6) is 5.75 Å². The number of hydrogen-bond acceptors (Lipinski definition) is 2. The van der Waals surface area contributed by atoms with Crippen molar-refractivity contribution in [1.82, 2.24) is 0 Å². The third-order valence-electron chi connectivity index (χ3n) is 3.32. The normalized spacial score (nSPS) is 14.6. The van der Waals surface area contributed by atoms with Gasteiger partial charge in [0.25, 0.3) is 0 Å². The van der Waals surface area contributed by atoms with Crippen LogP contribution < -0.4 is 10.5 Å². The van der Waals surface area contributed by atoms with E-state index in [0.717, 1.165) is 5.56 Å². The van der Waals surface area contributed by atoms with Crippen LogP contribution in [0.2, 0.25) is 0 Å². The van der Waals surface area contributed by atoms with Gasteiger partial charge in [0, 0.05) is 5.56 Å². The number of hydrogen-bond donors (Lipinski definition) is 1. The number of nitrogens with two attached hydrogens (primary N) is 1. The van der Waals surface area contributed by atoms with Crippen LogP contribution >= 0.6 is 0 Å². The second-order valence-electron chi connectivity index (χ2n) is 5.11. The second kappa shape index (κ2) is 5.41. The highest BCUT2D eigenvalue weighted by Crippen LogP contribution is 2.35. The monoisotopic (exact) mass is 295 g/mol. The molecule has 0 saturated heterocycles. The van der Waals surface area contributed by atoms with Gasteiger partial charge in [-0.2, -0.15) is 0 Å². The molecule has 21 heavy (non-hydrogen) atoms. The van der Waals surface area contributed by atoms with Gasteiger partial charge < -0.3 is 10.5 Å². The van der Waals surface area contributed by atoms with Crippen molar-refractivity contribution in [3.05, 3.63) is 65.2 Å². The molecule has 0 aliphatic rings. The zero-order chi connectivity index (χ0) is 15.7. The first-order valence-electron chi connectivity index (χ1n) is 6.41. The Balaban J connectivity index is 2.47. The molecule has 1 unspecified atom stereocenters. The predicted octanol–water partition coefficient (Wildman–Crippen LogP) is 4.12. The molecule has 0 bridgehead atoms. The number of rotatable bonds is 3. The Morgan fingerprint density at radius 3 is 2.10 bits per heavy atom. The van der Waals surface area contributed by atoms with Crippen LogP contribution in [-0.2, 0) is 5.54 Å². The molecule has 2 aromatic rings. The van der Waals surface area contributed by atoms with E-state index in [1.807, 2.05) is 19.1 Å². The van der Waals surface area contributed by atoms with Crippen LogP contribution in [0.25, 0.3) is 0 Å². The summed E-state index contributed by atoms with van der Waals surface area (Å²) in [4.78, 5) is 0. The standard InChI is InChI=1S/C16H16F3NO/c1-11-7-9-12(10-8-11)15(2,20)13-5-3-4-6-14(13)21-16(17,18)19/h3-10H,20H2,1-2H3. The van der Waals surface area contributed by atoms with Crippen LogP contribution in [-0.4, -0.2) is 6.36 Å². The van der Waals surface area contributed by atoms with Gasteiger partial charge in [-0.25, -0.2) is 0 Å². The minimum absolute atomic E-state index is 0.282. The third kappa shape index (κ3) is 3.55. The number of aryl methyl sites for hydroxylation is 1. The summed E-state index contributed by atoms with van der Waals surface area (Å²) in [6.07, 6.45) is -4.75. The van der Waals surface area contributed by atoms with E-state index >= 15 is 0 Å². The summed E-state index contributed by atoms with van der Waals surface area (Å²) in [5.41, 5.74) is 7.24. The summed E-state index contributed by atoms with van der Waals surface area (Å²) < 4.78 is 41.6. The van der Waals surface area contributed by atoms with Gasteiger partial charge in [0.15, 0.2) is 0 Å². The molecule has 112 valence electrons. The summed E-state index contributed by atoms with van der Waals surface area (Å²) in [6.45, 7) is 3.59. The van der Waals surface area contributed by atoms with Crippen molar-refractivity contribution in [3.63, 3.8) is 0 Å². The second-order valence-corrected chi connectivity index (χ2v) is 5.11. The van der Waals surface area contributed by atoms with E-state index in [0.29, 0.717) is 5.56 Å². The Hall–Kier alpha value is -2.01. The Bertz CT molecular complexity index is 618. The molecule has 0 fully saturated rings. The minimum Gasteiger partial charge on any atom is -0.405 e. The highest BCUT2D eigenvalue weighted by atomic mass is 19.4. The van der Waals surface area contributed by atoms with Gasteiger partial charge in [-0.15, -0.1) is 13.2 Å². The molecule has 0 spiro atoms. The maximum absolute atomic E-state index is 12.5. The summed E-state index contributed by atoms with van der Waals surface area (Å²) in [6, 6.07) is 13.3. The quantitative estimate of drug-likeness (QED) is 0.924. The van der Waals surface area contributed by atoms with Crippen molar-refractivity contribution < 1.29 is 17.9 Å². The first kappa shape index (κ1) is 15.4. The van der Waals surface area contributed by atoms with Crippen LogP contribution in [0, 0.1) is 6.92 Å². The van der Waals surface area contributed by atoms with Gasteiger partial charge in [-0.05, 0) is 25.5 Å². The van der Waals surface area contributed by atoms with Crippen molar-refractivity contribution in [1.29, 1.82) is 0 Å². The fourth-order valence-corrected chi connectivity index (χ4v) is 2.16. The van der Waals surface area contributed by atoms with Gasteiger partial charge in [0.1, 0.15) is 5.75 Å². The first-order chi connectivity index (χ1) is 9.70. The fourth-order valence-electron chi connectivity index (χ4n) is 2.16. The van der Waals surface area contributed by atoms with Gasteiger partial charge >= 0.3 is 6.36 Å². The predicted molar refractivity (Wildman–Crippen MR) is 74.9 cm³/mol. The molecule has 0 aliphatic carbocycles. The molecule has 0 radical (unpaired) electrons. The van der Waals surface area contributed by atoms with Gasteiger partial charge in [-0.3, -0.25) is 0 Å². The number of ether oxygens (including phenoxy) is 1. The molecule has 0 amide bonds. The van der Waals surface area contributed by atoms with Gasteiger partial charge in [-0.1, -0.05) is 48.0 Å². The molecule has 0 saturated carbocycles. The summed E-state index contributed by atoms with van der Waals surface area (Å²) in [7, 11) is 0. The lowest BCUT2D eigenvalue weighted by atomic mass is 9.85. The molecule has 1 atom stereocenters. The van der Waals surface area contributed by atoms with Crippen molar-refractivity contribution in [2.75, 3.05) is 0 Å². The number of para-hydroxylation sites is 1. The molecule has 0 aromatic heterocycles. The van der Waals surface area contributed by atoms with Crippen molar-refractivity contribution in [2.45, 2.75) is 25.7 Å². The summed E-state index contributed by atoms with van der Waals surface area (Å²) >= 11 is 0. The topological polar surface area (TPSA) is 35.2 Å². The van der Waals surface area contributed by atoms with E-state index in [2.05, 4.69) is 4.74 Å². The zero-order valence-electron chi connectivity index (χ0n) is 11.7. The molecule has 2 N–H and O–H groups in total. The van der Waals surface area contributed by atoms with Crippen LogP contribution in [0.4, 0.5) is 13.2 Å². The Morgan fingerprint density at radius 1 is 0.952 bits per heavy atom. The lowest BCUT2D eigenvalue weighted by molar-refractivity contribution is -0.275. The maximum atomic E-state index is 12.5. The maximum Gasteiger partial charge on any atom is 0.573 e. The smallest absolute Gasteiger partial charge is 0.405 e. The summed E-state index contributed by atoms with van der Waals surface area (Å²) in [5.74, 6) is -0.282. The number of halogens is 3. The third-order valence-corrected chi connectivity index (χ3v) is 3.32. The van der Waals surface area contributed by atoms with E-state index in [-0.39, 0.29) is 11.3 Å². The minimum atomic E-state index is -4.75. The molecular weight excluding hydrogens is 279 g/mol. The zero-order valence-corrected chi connectivity index (χ0v) is 11.7. The van der Waals surface area contributed by atoms with Crippen LogP contribution in [0.1, 0.15) is 23.6 Å². The SMILES string of the molecule is Cc1ccc(C(C)(N)c2ccccc2OC(F)(F)F)cc1. The van der Waals surface area contributed by atoms with Crippen molar-refractivity contribution >= 4 is 0 Å². The van der Waals surface area contributed by atoms with Crippen molar-refractivity contribution in [2.24, 2.45) is 5.73 Å². The summed E-state index contributed by atoms with van der Waals surface area (Å²) in [5, 5.41) is 0. The fraction of sp³-hybridized carbons (Fsp3) is 0.250. The molecule has 2 aromatic carbocycles. The van der Waals surface area contributed by atoms with E-state index in [1.165, 1.54) is 12.1 Å². The molecule has 0 aliphatic heterocycles. The lowest BCUT2D eigenvalue weighted by Gasteiger charge is -2.28. The van der Waals surface area contributed by atoms with Crippen LogP contribution in [0.3, 0.4) is 0 Å². The van der Waals surface area contributed by atoms with Crippen LogP contribution in [0.15, 0.2) is 48.5 Å². The van der Waals surface area contributed by atoms with E-state index in [4.69, 9.17) is 5.73 Å². The average Bonchev–Trinajstić information content (AvgIpc) is 2.37. The molecule has 0 heterocycles. The Labute approximate surface area is 121 Å². The van der Waals surface area contributed by atoms with Gasteiger partial charge in [0.2, 0.25) is 0 Å². The van der Waals surface area contributed by atoms with E-state index < -0.39 is 11.9 Å². The first-order valence-corrected chi connectivity index (χ1v) is 6.41.